The molecule has 1 aromatic heterocycles. The van der Waals surface area contributed by atoms with Gasteiger partial charge in [0, 0.05) is 12.7 Å². The Hall–Kier alpha value is -1.82. The molecule has 0 aliphatic rings. The third-order valence-corrected chi connectivity index (χ3v) is 2.43. The smallest absolute Gasteiger partial charge is 0.186 e. The van der Waals surface area contributed by atoms with Gasteiger partial charge in [-0.3, -0.25) is 0 Å². The van der Waals surface area contributed by atoms with Crippen LogP contribution in [0, 0.1) is 11.6 Å². The van der Waals surface area contributed by atoms with Crippen molar-refractivity contribution in [1.82, 2.24) is 15.0 Å². The molecule has 90 valence electrons. The molecule has 2 aromatic rings. The van der Waals surface area contributed by atoms with E-state index < -0.39 is 11.6 Å². The molecule has 0 aliphatic heterocycles. The predicted octanol–water partition coefficient (Wildman–Crippen LogP) is 2.00. The number of hydrogen-bond acceptors (Lipinski definition) is 3. The van der Waals surface area contributed by atoms with Gasteiger partial charge in [0.1, 0.15) is 11.0 Å². The van der Waals surface area contributed by atoms with Gasteiger partial charge in [0.2, 0.25) is 0 Å². The molecule has 1 aromatic carbocycles. The largest absolute Gasteiger partial charge is 0.383 e. The van der Waals surface area contributed by atoms with Crippen LogP contribution in [0.15, 0.2) is 12.6 Å². The molecular weight excluding hydrogens is 228 g/mol. The summed E-state index contributed by atoms with van der Waals surface area (Å²) in [6.07, 6.45) is 1.24. The van der Waals surface area contributed by atoms with Crippen molar-refractivity contribution in [2.45, 2.75) is 6.54 Å². The molecular formula is C11H11F2N3O. The quantitative estimate of drug-likeness (QED) is 0.819. The SMILES string of the molecule is C=Cc1cc2nnn(CCOC)c2c(F)c1F. The van der Waals surface area contributed by atoms with Gasteiger partial charge in [0.25, 0.3) is 0 Å². The fourth-order valence-electron chi connectivity index (χ4n) is 1.57. The number of rotatable bonds is 4. The maximum absolute atomic E-state index is 13.8. The van der Waals surface area contributed by atoms with Crippen molar-refractivity contribution in [3.63, 3.8) is 0 Å². The summed E-state index contributed by atoms with van der Waals surface area (Å²) < 4.78 is 33.5. The molecule has 0 bridgehead atoms. The number of benzene rings is 1. The molecule has 17 heavy (non-hydrogen) atoms. The summed E-state index contributed by atoms with van der Waals surface area (Å²) >= 11 is 0. The fraction of sp³-hybridized carbons (Fsp3) is 0.273. The Balaban J connectivity index is 2.60. The lowest BCUT2D eigenvalue weighted by molar-refractivity contribution is 0.184. The molecule has 0 unspecified atom stereocenters. The van der Waals surface area contributed by atoms with Crippen molar-refractivity contribution in [3.05, 3.63) is 29.8 Å². The highest BCUT2D eigenvalue weighted by Gasteiger charge is 2.17. The van der Waals surface area contributed by atoms with Crippen LogP contribution >= 0.6 is 0 Å². The van der Waals surface area contributed by atoms with Crippen LogP contribution in [-0.4, -0.2) is 28.7 Å². The first kappa shape index (κ1) is 11.7. The molecule has 4 nitrogen and oxygen atoms in total. The molecule has 6 heteroatoms. The van der Waals surface area contributed by atoms with Crippen LogP contribution < -0.4 is 0 Å². The number of halogens is 2. The number of aromatic nitrogens is 3. The van der Waals surface area contributed by atoms with E-state index >= 15 is 0 Å². The second-order valence-electron chi connectivity index (χ2n) is 3.47. The third kappa shape index (κ3) is 1.91. The lowest BCUT2D eigenvalue weighted by Gasteiger charge is -2.03. The summed E-state index contributed by atoms with van der Waals surface area (Å²) in [6, 6.07) is 1.41. The molecule has 0 atom stereocenters. The highest BCUT2D eigenvalue weighted by molar-refractivity contribution is 5.78. The van der Waals surface area contributed by atoms with Crippen LogP contribution in [0.2, 0.25) is 0 Å². The second kappa shape index (κ2) is 4.58. The van der Waals surface area contributed by atoms with Crippen LogP contribution in [-0.2, 0) is 11.3 Å². The first-order chi connectivity index (χ1) is 8.19. The van der Waals surface area contributed by atoms with Gasteiger partial charge in [0.15, 0.2) is 11.6 Å². The van der Waals surface area contributed by atoms with Crippen molar-refractivity contribution >= 4 is 17.1 Å². The maximum atomic E-state index is 13.8. The van der Waals surface area contributed by atoms with Crippen molar-refractivity contribution < 1.29 is 13.5 Å². The minimum Gasteiger partial charge on any atom is -0.383 e. The van der Waals surface area contributed by atoms with Gasteiger partial charge >= 0.3 is 0 Å². The summed E-state index contributed by atoms with van der Waals surface area (Å²) in [5, 5.41) is 7.54. The first-order valence-corrected chi connectivity index (χ1v) is 5.01. The molecule has 0 N–H and O–H groups in total. The normalized spacial score (nSPS) is 11.0. The summed E-state index contributed by atoms with van der Waals surface area (Å²) in [7, 11) is 1.52. The summed E-state index contributed by atoms with van der Waals surface area (Å²) in [6.45, 7) is 4.08. The molecule has 2 rings (SSSR count). The van der Waals surface area contributed by atoms with E-state index in [-0.39, 0.29) is 11.1 Å². The number of nitrogens with zero attached hydrogens (tertiary/aromatic N) is 3. The van der Waals surface area contributed by atoms with Gasteiger partial charge < -0.3 is 4.74 Å². The van der Waals surface area contributed by atoms with Crippen LogP contribution in [0.5, 0.6) is 0 Å². The molecule has 0 saturated carbocycles. The van der Waals surface area contributed by atoms with E-state index in [4.69, 9.17) is 4.74 Å². The van der Waals surface area contributed by atoms with E-state index in [2.05, 4.69) is 16.9 Å². The molecule has 0 spiro atoms. The van der Waals surface area contributed by atoms with Crippen molar-refractivity contribution in [1.29, 1.82) is 0 Å². The van der Waals surface area contributed by atoms with Crippen LogP contribution in [0.3, 0.4) is 0 Å². The third-order valence-electron chi connectivity index (χ3n) is 2.43. The van der Waals surface area contributed by atoms with E-state index in [1.54, 1.807) is 0 Å². The minimum atomic E-state index is -0.960. The maximum Gasteiger partial charge on any atom is 0.186 e. The average molecular weight is 239 g/mol. The zero-order chi connectivity index (χ0) is 12.4. The fourth-order valence-corrected chi connectivity index (χ4v) is 1.57. The van der Waals surface area contributed by atoms with Crippen LogP contribution in [0.25, 0.3) is 17.1 Å². The van der Waals surface area contributed by atoms with Gasteiger partial charge in [-0.1, -0.05) is 17.9 Å². The minimum absolute atomic E-state index is 0.0464. The van der Waals surface area contributed by atoms with Gasteiger partial charge in [-0.15, -0.1) is 5.10 Å². The lowest BCUT2D eigenvalue weighted by Crippen LogP contribution is -2.07. The Kier molecular flexibility index (Phi) is 3.14. The van der Waals surface area contributed by atoms with Crippen molar-refractivity contribution in [2.75, 3.05) is 13.7 Å². The summed E-state index contributed by atoms with van der Waals surface area (Å²) in [5.41, 5.74) is 0.425. The van der Waals surface area contributed by atoms with Gasteiger partial charge in [0.05, 0.1) is 13.2 Å². The topological polar surface area (TPSA) is 39.9 Å². The monoisotopic (exact) mass is 239 g/mol. The Morgan fingerprint density at radius 2 is 2.24 bits per heavy atom. The number of ether oxygens (including phenoxy) is 1. The summed E-state index contributed by atoms with van der Waals surface area (Å²) in [4.78, 5) is 0. The van der Waals surface area contributed by atoms with Crippen molar-refractivity contribution in [2.24, 2.45) is 0 Å². The van der Waals surface area contributed by atoms with Crippen molar-refractivity contribution in [3.8, 4) is 0 Å². The van der Waals surface area contributed by atoms with Crippen LogP contribution in [0.4, 0.5) is 8.78 Å². The number of fused-ring (bicyclic) bond motifs is 1. The zero-order valence-electron chi connectivity index (χ0n) is 9.28. The Labute approximate surface area is 96.5 Å². The Bertz CT molecular complexity index is 565. The van der Waals surface area contributed by atoms with E-state index in [0.717, 1.165) is 0 Å². The highest BCUT2D eigenvalue weighted by Crippen LogP contribution is 2.22. The molecule has 0 saturated heterocycles. The number of hydrogen-bond donors (Lipinski definition) is 0. The summed E-state index contributed by atoms with van der Waals surface area (Å²) in [5.74, 6) is -1.90. The first-order valence-electron chi connectivity index (χ1n) is 5.01. The highest BCUT2D eigenvalue weighted by atomic mass is 19.2. The second-order valence-corrected chi connectivity index (χ2v) is 3.47. The standard InChI is InChI=1S/C11H11F2N3O/c1-3-7-6-8-11(10(13)9(7)12)16(15-14-8)4-5-17-2/h3,6H,1,4-5H2,2H3. The zero-order valence-corrected chi connectivity index (χ0v) is 9.28. The van der Waals surface area contributed by atoms with Gasteiger partial charge in [-0.05, 0) is 6.07 Å². The van der Waals surface area contributed by atoms with E-state index in [1.165, 1.54) is 23.9 Å². The Morgan fingerprint density at radius 1 is 1.47 bits per heavy atom. The average Bonchev–Trinajstić information content (AvgIpc) is 2.74. The van der Waals surface area contributed by atoms with E-state index in [1.807, 2.05) is 0 Å². The molecule has 1 heterocycles. The molecule has 0 radical (unpaired) electrons. The molecule has 0 amide bonds. The Morgan fingerprint density at radius 3 is 2.88 bits per heavy atom. The van der Waals surface area contributed by atoms with Gasteiger partial charge in [-0.25, -0.2) is 13.5 Å². The lowest BCUT2D eigenvalue weighted by atomic mass is 10.1. The van der Waals surface area contributed by atoms with E-state index in [0.29, 0.717) is 18.7 Å². The molecule has 0 fully saturated rings. The van der Waals surface area contributed by atoms with Gasteiger partial charge in [-0.2, -0.15) is 0 Å². The molecule has 0 aliphatic carbocycles. The predicted molar refractivity (Wildman–Crippen MR) is 59.4 cm³/mol. The van der Waals surface area contributed by atoms with E-state index in [9.17, 15) is 8.78 Å². The van der Waals surface area contributed by atoms with Crippen LogP contribution in [0.1, 0.15) is 5.56 Å². The number of methoxy groups -OCH3 is 1.